The molecule has 0 aromatic heterocycles. The average Bonchev–Trinajstić information content (AvgIpc) is 3.01. The molecule has 1 heterocycles. The maximum Gasteiger partial charge on any atom is 0.270 e. The molecule has 1 fully saturated rings. The molecule has 9 heteroatoms. The number of hydrogen-bond donors (Lipinski definition) is 2. The van der Waals surface area contributed by atoms with Crippen molar-refractivity contribution in [3.8, 4) is 0 Å². The van der Waals surface area contributed by atoms with E-state index in [4.69, 9.17) is 0 Å². The van der Waals surface area contributed by atoms with E-state index < -0.39 is 10.0 Å². The quantitative estimate of drug-likeness (QED) is 0.273. The van der Waals surface area contributed by atoms with Crippen molar-refractivity contribution in [2.24, 2.45) is 0 Å². The van der Waals surface area contributed by atoms with Crippen molar-refractivity contribution < 1.29 is 18.0 Å². The number of nitrogens with one attached hydrogen (secondary N) is 2. The lowest BCUT2D eigenvalue weighted by Crippen LogP contribution is -2.49. The highest BCUT2D eigenvalue weighted by molar-refractivity contribution is 7.89. The Labute approximate surface area is 256 Å². The Balaban J connectivity index is 0.000000546. The number of sulfonamides is 1. The van der Waals surface area contributed by atoms with Crippen molar-refractivity contribution in [1.29, 1.82) is 0 Å². The van der Waals surface area contributed by atoms with E-state index in [-0.39, 0.29) is 29.8 Å². The van der Waals surface area contributed by atoms with E-state index in [2.05, 4.69) is 48.2 Å². The van der Waals surface area contributed by atoms with Crippen LogP contribution in [-0.2, 0) is 19.6 Å². The zero-order valence-electron chi connectivity index (χ0n) is 25.9. The van der Waals surface area contributed by atoms with E-state index in [1.807, 2.05) is 37.3 Å². The SMILES string of the molecule is CC(=O)N(CCCNS(=O)(=O)c1ccccc1C)/C(C(=O)N1CCNCC1)=C(\C)c1ccccc1.Cc1ccccc1C. The molecule has 0 saturated carbocycles. The van der Waals surface area contributed by atoms with Crippen LogP contribution in [-0.4, -0.2) is 69.3 Å². The van der Waals surface area contributed by atoms with Crippen LogP contribution >= 0.6 is 0 Å². The van der Waals surface area contributed by atoms with Crippen molar-refractivity contribution in [3.05, 3.63) is 107 Å². The third-order valence-electron chi connectivity index (χ3n) is 7.48. The van der Waals surface area contributed by atoms with Gasteiger partial charge in [-0.05, 0) is 68.0 Å². The molecule has 1 aliphatic heterocycles. The lowest BCUT2D eigenvalue weighted by atomic mass is 10.0. The maximum absolute atomic E-state index is 13.6. The van der Waals surface area contributed by atoms with E-state index >= 15 is 0 Å². The van der Waals surface area contributed by atoms with Crippen LogP contribution in [0.25, 0.3) is 5.57 Å². The molecule has 0 bridgehead atoms. The van der Waals surface area contributed by atoms with E-state index in [1.165, 1.54) is 23.0 Å². The zero-order valence-corrected chi connectivity index (χ0v) is 26.7. The smallest absolute Gasteiger partial charge is 0.270 e. The van der Waals surface area contributed by atoms with Gasteiger partial charge in [-0.15, -0.1) is 0 Å². The molecule has 0 spiro atoms. The van der Waals surface area contributed by atoms with E-state index in [1.54, 1.807) is 36.1 Å². The fourth-order valence-corrected chi connectivity index (χ4v) is 6.11. The minimum Gasteiger partial charge on any atom is -0.335 e. The van der Waals surface area contributed by atoms with Gasteiger partial charge in [0, 0.05) is 46.2 Å². The Morgan fingerprint density at radius 3 is 1.88 bits per heavy atom. The van der Waals surface area contributed by atoms with Gasteiger partial charge in [0.15, 0.2) is 0 Å². The maximum atomic E-state index is 13.6. The number of amides is 2. The molecule has 230 valence electrons. The molecule has 3 aromatic rings. The predicted molar refractivity (Wildman–Crippen MR) is 173 cm³/mol. The molecule has 2 amide bonds. The third kappa shape index (κ3) is 9.61. The summed E-state index contributed by atoms with van der Waals surface area (Å²) in [6.07, 6.45) is 0.352. The van der Waals surface area contributed by atoms with Gasteiger partial charge in [-0.3, -0.25) is 9.59 Å². The van der Waals surface area contributed by atoms with Crippen LogP contribution in [0.1, 0.15) is 42.5 Å². The van der Waals surface area contributed by atoms with Gasteiger partial charge < -0.3 is 15.1 Å². The third-order valence-corrected chi connectivity index (χ3v) is 9.10. The Kier molecular flexibility index (Phi) is 12.7. The van der Waals surface area contributed by atoms with E-state index in [0.717, 1.165) is 5.56 Å². The highest BCUT2D eigenvalue weighted by atomic mass is 32.2. The predicted octanol–water partition coefficient (Wildman–Crippen LogP) is 4.68. The molecule has 0 aliphatic carbocycles. The first-order valence-electron chi connectivity index (χ1n) is 14.6. The number of benzene rings is 3. The number of aryl methyl sites for hydroxylation is 3. The highest BCUT2D eigenvalue weighted by Gasteiger charge is 2.29. The molecule has 8 nitrogen and oxygen atoms in total. The molecule has 0 atom stereocenters. The lowest BCUT2D eigenvalue weighted by Gasteiger charge is -2.33. The van der Waals surface area contributed by atoms with Gasteiger partial charge in [-0.25, -0.2) is 13.1 Å². The molecule has 3 aromatic carbocycles. The summed E-state index contributed by atoms with van der Waals surface area (Å²) >= 11 is 0. The summed E-state index contributed by atoms with van der Waals surface area (Å²) in [6, 6.07) is 24.7. The zero-order chi connectivity index (χ0) is 31.4. The van der Waals surface area contributed by atoms with Crippen molar-refractivity contribution in [3.63, 3.8) is 0 Å². The number of carbonyl (C=O) groups is 2. The number of hydrogen-bond acceptors (Lipinski definition) is 5. The van der Waals surface area contributed by atoms with E-state index in [0.29, 0.717) is 49.4 Å². The number of nitrogens with zero attached hydrogens (tertiary/aromatic N) is 2. The van der Waals surface area contributed by atoms with Crippen LogP contribution in [0.3, 0.4) is 0 Å². The minimum absolute atomic E-state index is 0.139. The van der Waals surface area contributed by atoms with Crippen LogP contribution in [0.2, 0.25) is 0 Å². The summed E-state index contributed by atoms with van der Waals surface area (Å²) in [5.41, 5.74) is 5.31. The number of allylic oxidation sites excluding steroid dienone is 1. The minimum atomic E-state index is -3.67. The van der Waals surface area contributed by atoms with Crippen LogP contribution in [0, 0.1) is 20.8 Å². The van der Waals surface area contributed by atoms with Gasteiger partial charge in [-0.1, -0.05) is 72.8 Å². The first-order chi connectivity index (χ1) is 20.5. The Morgan fingerprint density at radius 2 is 1.35 bits per heavy atom. The Hall–Kier alpha value is -3.79. The summed E-state index contributed by atoms with van der Waals surface area (Å²) in [5.74, 6) is -0.455. The molecule has 1 aliphatic rings. The lowest BCUT2D eigenvalue weighted by molar-refractivity contribution is -0.135. The first-order valence-corrected chi connectivity index (χ1v) is 16.1. The van der Waals surface area contributed by atoms with Gasteiger partial charge >= 0.3 is 0 Å². The second-order valence-electron chi connectivity index (χ2n) is 10.7. The van der Waals surface area contributed by atoms with Crippen LogP contribution < -0.4 is 10.0 Å². The van der Waals surface area contributed by atoms with Crippen LogP contribution in [0.15, 0.2) is 89.5 Å². The fourth-order valence-electron chi connectivity index (χ4n) is 4.79. The van der Waals surface area contributed by atoms with E-state index in [9.17, 15) is 18.0 Å². The first kappa shape index (κ1) is 33.7. The molecule has 1 saturated heterocycles. The van der Waals surface area contributed by atoms with Gasteiger partial charge in [0.1, 0.15) is 5.70 Å². The Morgan fingerprint density at radius 1 is 0.814 bits per heavy atom. The van der Waals surface area contributed by atoms with Gasteiger partial charge in [0.25, 0.3) is 5.91 Å². The van der Waals surface area contributed by atoms with Gasteiger partial charge in [0.2, 0.25) is 15.9 Å². The molecule has 0 unspecified atom stereocenters. The number of rotatable bonds is 9. The normalized spacial score (nSPS) is 13.8. The number of carbonyl (C=O) groups excluding carboxylic acids is 2. The van der Waals surface area contributed by atoms with Crippen molar-refractivity contribution in [2.45, 2.75) is 45.9 Å². The summed E-state index contributed by atoms with van der Waals surface area (Å²) in [4.78, 5) is 29.8. The standard InChI is InChI=1S/C26H34N4O4S.C8H10/c1-20-10-7-8-13-24(20)35(33,34)28-14-9-17-30(22(3)31)25(21(2)23-11-5-4-6-12-23)26(32)29-18-15-27-16-19-29;1-7-5-3-4-6-8(7)2/h4-8,10-13,27-28H,9,14-19H2,1-3H3;3-6H,1-2H3/b25-21+;. The highest BCUT2D eigenvalue weighted by Crippen LogP contribution is 2.24. The average molecular weight is 605 g/mol. The summed E-state index contributed by atoms with van der Waals surface area (Å²) < 4.78 is 28.0. The molecular weight excluding hydrogens is 560 g/mol. The topological polar surface area (TPSA) is 98.8 Å². The Bertz CT molecular complexity index is 1490. The van der Waals surface area contributed by atoms with Crippen molar-refractivity contribution in [2.75, 3.05) is 39.3 Å². The number of piperazine rings is 1. The molecule has 2 N–H and O–H groups in total. The van der Waals surface area contributed by atoms with Gasteiger partial charge in [0.05, 0.1) is 4.90 Å². The van der Waals surface area contributed by atoms with Crippen molar-refractivity contribution >= 4 is 27.4 Å². The second-order valence-corrected chi connectivity index (χ2v) is 12.4. The van der Waals surface area contributed by atoms with Crippen LogP contribution in [0.5, 0.6) is 0 Å². The second kappa shape index (κ2) is 16.2. The summed E-state index contributed by atoms with van der Waals surface area (Å²) in [5, 5.41) is 3.24. The summed E-state index contributed by atoms with van der Waals surface area (Å²) in [6.45, 7) is 12.1. The molecule has 0 radical (unpaired) electrons. The van der Waals surface area contributed by atoms with Gasteiger partial charge in [-0.2, -0.15) is 0 Å². The molecule has 4 rings (SSSR count). The monoisotopic (exact) mass is 604 g/mol. The molecular formula is C34H44N4O4S. The fraction of sp³-hybridized carbons (Fsp3) is 0.353. The van der Waals surface area contributed by atoms with Crippen LogP contribution in [0.4, 0.5) is 0 Å². The summed E-state index contributed by atoms with van der Waals surface area (Å²) in [7, 11) is -3.67. The molecule has 43 heavy (non-hydrogen) atoms. The van der Waals surface area contributed by atoms with Crippen molar-refractivity contribution in [1.82, 2.24) is 19.8 Å². The largest absolute Gasteiger partial charge is 0.335 e.